The molecule has 76 valence electrons. The van der Waals surface area contributed by atoms with Crippen LogP contribution in [-0.2, 0) is 0 Å². The van der Waals surface area contributed by atoms with E-state index in [0.717, 1.165) is 5.92 Å². The van der Waals surface area contributed by atoms with Crippen LogP contribution in [0.25, 0.3) is 0 Å². The summed E-state index contributed by atoms with van der Waals surface area (Å²) in [7, 11) is 3.66. The minimum Gasteiger partial charge on any atom is -0.0979 e. The van der Waals surface area contributed by atoms with E-state index in [1.54, 1.807) is 5.57 Å². The first-order chi connectivity index (χ1) is 6.90. The Morgan fingerprint density at radius 2 is 2.07 bits per heavy atom. The van der Waals surface area contributed by atoms with Crippen LogP contribution in [0, 0.1) is 5.92 Å². The minimum atomic E-state index is 0.826. The van der Waals surface area contributed by atoms with E-state index in [4.69, 9.17) is 0 Å². The fourth-order valence-corrected chi connectivity index (χ4v) is 4.04. The summed E-state index contributed by atoms with van der Waals surface area (Å²) in [5.74, 6) is 0.826. The number of allylic oxidation sites excluding steroid dienone is 3. The first-order valence-electron chi connectivity index (χ1n) is 5.27. The van der Waals surface area contributed by atoms with E-state index >= 15 is 0 Å². The highest BCUT2D eigenvalue weighted by Gasteiger charge is 2.18. The molecule has 0 unspecified atom stereocenters. The Labute approximate surface area is 94.3 Å². The summed E-state index contributed by atoms with van der Waals surface area (Å²) >= 11 is 0. The van der Waals surface area contributed by atoms with Gasteiger partial charge in [-0.1, -0.05) is 53.5 Å². The summed E-state index contributed by atoms with van der Waals surface area (Å²) in [4.78, 5) is 1.32. The molecule has 0 bridgehead atoms. The van der Waals surface area contributed by atoms with Crippen LogP contribution < -0.4 is 0 Å². The molecule has 2 aliphatic rings. The van der Waals surface area contributed by atoms with E-state index < -0.39 is 0 Å². The molecule has 0 nitrogen and oxygen atoms in total. The van der Waals surface area contributed by atoms with Crippen molar-refractivity contribution in [1.82, 2.24) is 0 Å². The molecule has 0 spiro atoms. The van der Waals surface area contributed by atoms with Gasteiger partial charge in [0.25, 0.3) is 0 Å². The Hall–Kier alpha value is -0.0800. The molecule has 1 aliphatic heterocycles. The molecule has 2 heteroatoms. The lowest BCUT2D eigenvalue weighted by molar-refractivity contribution is 0.408. The third-order valence-electron chi connectivity index (χ3n) is 2.92. The van der Waals surface area contributed by atoms with Gasteiger partial charge in [-0.05, 0) is 35.8 Å². The summed E-state index contributed by atoms with van der Waals surface area (Å²) in [5, 5.41) is 2.33. The van der Waals surface area contributed by atoms with Crippen LogP contribution >= 0.6 is 21.6 Å². The van der Waals surface area contributed by atoms with Gasteiger partial charge < -0.3 is 0 Å². The molecule has 0 amide bonds. The van der Waals surface area contributed by atoms with Crippen LogP contribution in [-0.4, -0.2) is 0 Å². The molecule has 0 atom stereocenters. The zero-order valence-corrected chi connectivity index (χ0v) is 10.0. The average molecular weight is 224 g/mol. The predicted molar refractivity (Wildman–Crippen MR) is 68.1 cm³/mol. The molecule has 0 aromatic heterocycles. The van der Waals surface area contributed by atoms with Crippen LogP contribution in [0.2, 0.25) is 0 Å². The zero-order chi connectivity index (χ0) is 9.80. The maximum absolute atomic E-state index is 3.83. The summed E-state index contributed by atoms with van der Waals surface area (Å²) in [6, 6.07) is 0. The van der Waals surface area contributed by atoms with Crippen molar-refractivity contribution in [3.63, 3.8) is 0 Å². The van der Waals surface area contributed by atoms with E-state index in [0.29, 0.717) is 0 Å². The monoisotopic (exact) mass is 224 g/mol. The van der Waals surface area contributed by atoms with Crippen molar-refractivity contribution in [1.29, 1.82) is 0 Å². The second-order valence-corrected chi connectivity index (χ2v) is 6.03. The van der Waals surface area contributed by atoms with Gasteiger partial charge in [0.15, 0.2) is 0 Å². The van der Waals surface area contributed by atoms with Crippen molar-refractivity contribution in [2.45, 2.75) is 32.1 Å². The normalized spacial score (nSPS) is 24.0. The first-order valence-corrected chi connectivity index (χ1v) is 7.49. The SMILES string of the molecule is C=CC1=CC(C2CCCCC2)=CSS1. The molecule has 1 saturated carbocycles. The molecule has 1 heterocycles. The van der Waals surface area contributed by atoms with E-state index in [9.17, 15) is 0 Å². The van der Waals surface area contributed by atoms with Crippen molar-refractivity contribution in [3.8, 4) is 0 Å². The minimum absolute atomic E-state index is 0.826. The standard InChI is InChI=1S/C12H16S2/c1-2-12-8-11(9-13-14-12)10-6-4-3-5-7-10/h2,8-10H,1,3-7H2. The van der Waals surface area contributed by atoms with Gasteiger partial charge in [0, 0.05) is 4.91 Å². The van der Waals surface area contributed by atoms with E-state index in [-0.39, 0.29) is 0 Å². The lowest BCUT2D eigenvalue weighted by Crippen LogP contribution is -2.08. The number of hydrogen-bond donors (Lipinski definition) is 0. The second kappa shape index (κ2) is 5.13. The third kappa shape index (κ3) is 2.48. The smallest absolute Gasteiger partial charge is 0.0183 e. The van der Waals surface area contributed by atoms with Crippen molar-refractivity contribution in [2.24, 2.45) is 5.92 Å². The van der Waals surface area contributed by atoms with E-state index in [2.05, 4.69) is 18.1 Å². The van der Waals surface area contributed by atoms with Gasteiger partial charge in [-0.2, -0.15) is 0 Å². The maximum atomic E-state index is 3.83. The molecular formula is C12H16S2. The lowest BCUT2D eigenvalue weighted by Gasteiger charge is -2.24. The Morgan fingerprint density at radius 3 is 2.79 bits per heavy atom. The first kappa shape index (κ1) is 10.4. The fourth-order valence-electron chi connectivity index (χ4n) is 2.10. The third-order valence-corrected chi connectivity index (χ3v) is 5.01. The molecule has 0 N–H and O–H groups in total. The summed E-state index contributed by atoms with van der Waals surface area (Å²) < 4.78 is 0. The Morgan fingerprint density at radius 1 is 1.29 bits per heavy atom. The lowest BCUT2D eigenvalue weighted by atomic mass is 9.84. The number of rotatable bonds is 2. The van der Waals surface area contributed by atoms with Gasteiger partial charge in [-0.25, -0.2) is 0 Å². The molecule has 1 aliphatic carbocycles. The second-order valence-electron chi connectivity index (χ2n) is 3.88. The highest BCUT2D eigenvalue weighted by molar-refractivity contribution is 8.79. The van der Waals surface area contributed by atoms with E-state index in [1.807, 2.05) is 27.7 Å². The molecule has 14 heavy (non-hydrogen) atoms. The van der Waals surface area contributed by atoms with Crippen molar-refractivity contribution < 1.29 is 0 Å². The maximum Gasteiger partial charge on any atom is 0.0183 e. The Balaban J connectivity index is 2.05. The van der Waals surface area contributed by atoms with Crippen molar-refractivity contribution in [2.75, 3.05) is 0 Å². The van der Waals surface area contributed by atoms with Crippen LogP contribution in [0.1, 0.15) is 32.1 Å². The summed E-state index contributed by atoms with van der Waals surface area (Å²) in [6.45, 7) is 3.83. The van der Waals surface area contributed by atoms with Crippen LogP contribution in [0.3, 0.4) is 0 Å². The average Bonchev–Trinajstić information content (AvgIpc) is 2.30. The molecule has 0 aromatic carbocycles. The molecule has 0 aromatic rings. The Bertz CT molecular complexity index is 270. The molecule has 2 rings (SSSR count). The molecule has 1 fully saturated rings. The van der Waals surface area contributed by atoms with Crippen LogP contribution in [0.15, 0.2) is 34.6 Å². The van der Waals surface area contributed by atoms with Gasteiger partial charge in [-0.3, -0.25) is 0 Å². The van der Waals surface area contributed by atoms with Crippen molar-refractivity contribution >= 4 is 21.6 Å². The largest absolute Gasteiger partial charge is 0.0979 e. The zero-order valence-electron chi connectivity index (χ0n) is 8.37. The van der Waals surface area contributed by atoms with Crippen LogP contribution in [0.5, 0.6) is 0 Å². The summed E-state index contributed by atoms with van der Waals surface area (Å²) in [6.07, 6.45) is 11.3. The summed E-state index contributed by atoms with van der Waals surface area (Å²) in [5.41, 5.74) is 1.54. The van der Waals surface area contributed by atoms with E-state index in [1.165, 1.54) is 37.0 Å². The molecule has 0 radical (unpaired) electrons. The Kier molecular flexibility index (Phi) is 3.82. The quantitative estimate of drug-likeness (QED) is 0.611. The van der Waals surface area contributed by atoms with Crippen molar-refractivity contribution in [3.05, 3.63) is 34.6 Å². The van der Waals surface area contributed by atoms with Gasteiger partial charge >= 0.3 is 0 Å². The molecule has 0 saturated heterocycles. The fraction of sp³-hybridized carbons (Fsp3) is 0.500. The number of hydrogen-bond acceptors (Lipinski definition) is 2. The highest BCUT2D eigenvalue weighted by Crippen LogP contribution is 2.42. The van der Waals surface area contributed by atoms with Crippen LogP contribution in [0.4, 0.5) is 0 Å². The van der Waals surface area contributed by atoms with Gasteiger partial charge in [0.05, 0.1) is 0 Å². The molecular weight excluding hydrogens is 208 g/mol. The van der Waals surface area contributed by atoms with Gasteiger partial charge in [0.1, 0.15) is 0 Å². The van der Waals surface area contributed by atoms with Gasteiger partial charge in [-0.15, -0.1) is 0 Å². The highest BCUT2D eigenvalue weighted by atomic mass is 33.1. The topological polar surface area (TPSA) is 0 Å². The van der Waals surface area contributed by atoms with Gasteiger partial charge in [0.2, 0.25) is 0 Å². The predicted octanol–water partition coefficient (Wildman–Crippen LogP) is 4.92.